The van der Waals surface area contributed by atoms with Crippen LogP contribution in [0.25, 0.3) is 0 Å². The number of carbonyl (C=O) groups is 2. The highest BCUT2D eigenvalue weighted by Crippen LogP contribution is 2.33. The van der Waals surface area contributed by atoms with E-state index in [9.17, 15) is 9.59 Å². The summed E-state index contributed by atoms with van der Waals surface area (Å²) in [6.07, 6.45) is -0.105. The summed E-state index contributed by atoms with van der Waals surface area (Å²) in [6, 6.07) is 10.9. The van der Waals surface area contributed by atoms with E-state index in [-0.39, 0.29) is 24.4 Å². The minimum absolute atomic E-state index is 0.0884. The molecule has 0 aliphatic heterocycles. The van der Waals surface area contributed by atoms with Gasteiger partial charge in [0.25, 0.3) is 0 Å². The normalized spacial score (nSPS) is 11.8. The van der Waals surface area contributed by atoms with Gasteiger partial charge in [0.05, 0.1) is 17.0 Å². The van der Waals surface area contributed by atoms with Gasteiger partial charge in [-0.05, 0) is 42.4 Å². The second-order valence-electron chi connectivity index (χ2n) is 5.16. The lowest BCUT2D eigenvalue weighted by Gasteiger charge is -2.15. The van der Waals surface area contributed by atoms with E-state index >= 15 is 0 Å². The summed E-state index contributed by atoms with van der Waals surface area (Å²) in [7, 11) is 0. The van der Waals surface area contributed by atoms with Crippen molar-refractivity contribution in [1.29, 1.82) is 0 Å². The van der Waals surface area contributed by atoms with Crippen LogP contribution in [0.15, 0.2) is 42.5 Å². The molecule has 2 aromatic carbocycles. The molecule has 0 bridgehead atoms. The third kappa shape index (κ3) is 4.47. The number of benzene rings is 2. The molecule has 24 heavy (non-hydrogen) atoms. The lowest BCUT2D eigenvalue weighted by Crippen LogP contribution is -2.16. The van der Waals surface area contributed by atoms with E-state index in [1.165, 1.54) is 12.1 Å². The Bertz CT molecular complexity index is 762. The van der Waals surface area contributed by atoms with Crippen molar-refractivity contribution in [3.63, 3.8) is 0 Å². The number of hydrogen-bond donors (Lipinski definition) is 3. The monoisotopic (exact) mass is 349 g/mol. The van der Waals surface area contributed by atoms with Gasteiger partial charge in [-0.1, -0.05) is 23.7 Å². The average molecular weight is 350 g/mol. The van der Waals surface area contributed by atoms with Crippen molar-refractivity contribution in [2.75, 3.05) is 6.54 Å². The molecule has 1 unspecified atom stereocenters. The fraction of sp³-hybridized carbons (Fsp3) is 0.176. The molecule has 0 saturated carbocycles. The lowest BCUT2D eigenvalue weighted by molar-refractivity contribution is -0.137. The van der Waals surface area contributed by atoms with Gasteiger partial charge in [0.15, 0.2) is 0 Å². The van der Waals surface area contributed by atoms with E-state index < -0.39 is 11.9 Å². The van der Waals surface area contributed by atoms with Crippen LogP contribution in [-0.2, 0) is 4.79 Å². The smallest absolute Gasteiger partial charge is 0.335 e. The zero-order valence-corrected chi connectivity index (χ0v) is 13.4. The third-order valence-electron chi connectivity index (χ3n) is 3.44. The van der Waals surface area contributed by atoms with Gasteiger partial charge < -0.3 is 20.7 Å². The minimum atomic E-state index is -1.06. The zero-order valence-electron chi connectivity index (χ0n) is 12.6. The molecule has 0 spiro atoms. The van der Waals surface area contributed by atoms with Crippen LogP contribution < -0.4 is 10.5 Å². The number of carboxylic acid groups (broad SMARTS) is 2. The van der Waals surface area contributed by atoms with E-state index in [1.807, 2.05) is 0 Å². The molecular formula is C17H16ClNO5. The maximum absolute atomic E-state index is 11.0. The topological polar surface area (TPSA) is 110 Å². The molecule has 126 valence electrons. The van der Waals surface area contributed by atoms with Crippen LogP contribution in [0.4, 0.5) is 0 Å². The number of nitrogens with two attached hydrogens (primary N) is 1. The highest BCUT2D eigenvalue weighted by Gasteiger charge is 2.16. The lowest BCUT2D eigenvalue weighted by atomic mass is 9.96. The van der Waals surface area contributed by atoms with Crippen molar-refractivity contribution < 1.29 is 24.5 Å². The Hall–Kier alpha value is -2.57. The van der Waals surface area contributed by atoms with Gasteiger partial charge >= 0.3 is 11.9 Å². The maximum atomic E-state index is 11.0. The standard InChI is InChI=1S/C17H16ClNO5/c18-14-5-4-10(12(9-19)8-16(20)21)7-15(14)24-13-3-1-2-11(6-13)17(22)23/h1-7,12H,8-9,19H2,(H,20,21)(H,22,23). The summed E-state index contributed by atoms with van der Waals surface area (Å²) in [6.45, 7) is 0.169. The first-order valence-electron chi connectivity index (χ1n) is 7.13. The van der Waals surface area contributed by atoms with E-state index in [0.29, 0.717) is 22.1 Å². The first kappa shape index (κ1) is 17.8. The predicted molar refractivity (Wildman–Crippen MR) is 89.0 cm³/mol. The van der Waals surface area contributed by atoms with Gasteiger partial charge in [-0.15, -0.1) is 0 Å². The largest absolute Gasteiger partial charge is 0.481 e. The zero-order chi connectivity index (χ0) is 17.7. The molecule has 0 aliphatic carbocycles. The highest BCUT2D eigenvalue weighted by atomic mass is 35.5. The van der Waals surface area contributed by atoms with Crippen molar-refractivity contribution >= 4 is 23.5 Å². The van der Waals surface area contributed by atoms with Gasteiger partial charge in [0, 0.05) is 5.92 Å². The van der Waals surface area contributed by atoms with Gasteiger partial charge in [-0.3, -0.25) is 4.79 Å². The number of aromatic carboxylic acids is 1. The van der Waals surface area contributed by atoms with Crippen LogP contribution in [0.3, 0.4) is 0 Å². The molecule has 0 aliphatic rings. The minimum Gasteiger partial charge on any atom is -0.481 e. The van der Waals surface area contributed by atoms with Crippen LogP contribution in [0.1, 0.15) is 28.3 Å². The number of aliphatic carboxylic acids is 1. The molecule has 0 radical (unpaired) electrons. The van der Waals surface area contributed by atoms with Crippen LogP contribution in [0, 0.1) is 0 Å². The third-order valence-corrected chi connectivity index (χ3v) is 3.75. The van der Waals surface area contributed by atoms with E-state index in [1.54, 1.807) is 30.3 Å². The molecule has 2 aromatic rings. The van der Waals surface area contributed by atoms with Crippen molar-refractivity contribution in [2.45, 2.75) is 12.3 Å². The van der Waals surface area contributed by atoms with E-state index in [4.69, 9.17) is 32.3 Å². The van der Waals surface area contributed by atoms with Crippen LogP contribution in [0.2, 0.25) is 5.02 Å². The Morgan fingerprint density at radius 1 is 1.17 bits per heavy atom. The Labute approximate surface area is 143 Å². The fourth-order valence-corrected chi connectivity index (χ4v) is 2.38. The molecule has 2 rings (SSSR count). The summed E-state index contributed by atoms with van der Waals surface area (Å²) >= 11 is 6.11. The van der Waals surface area contributed by atoms with Crippen molar-refractivity contribution in [1.82, 2.24) is 0 Å². The number of carboxylic acids is 2. The first-order valence-corrected chi connectivity index (χ1v) is 7.51. The number of hydrogen-bond acceptors (Lipinski definition) is 4. The first-order chi connectivity index (χ1) is 11.4. The van der Waals surface area contributed by atoms with Crippen LogP contribution >= 0.6 is 11.6 Å². The summed E-state index contributed by atoms with van der Waals surface area (Å²) in [4.78, 5) is 21.9. The molecule has 0 saturated heterocycles. The van der Waals surface area contributed by atoms with E-state index in [0.717, 1.165) is 0 Å². The Balaban J connectivity index is 2.30. The van der Waals surface area contributed by atoms with Gasteiger partial charge in [-0.25, -0.2) is 4.79 Å². The molecule has 0 heterocycles. The molecular weight excluding hydrogens is 334 g/mol. The van der Waals surface area contributed by atoms with Gasteiger partial charge in [0.2, 0.25) is 0 Å². The second kappa shape index (κ2) is 7.81. The summed E-state index contributed by atoms with van der Waals surface area (Å²) < 4.78 is 5.66. The molecule has 0 aromatic heterocycles. The van der Waals surface area contributed by atoms with Crippen molar-refractivity contribution in [2.24, 2.45) is 5.73 Å². The highest BCUT2D eigenvalue weighted by molar-refractivity contribution is 6.32. The quantitative estimate of drug-likeness (QED) is 0.707. The second-order valence-corrected chi connectivity index (χ2v) is 5.56. The number of halogens is 1. The Morgan fingerprint density at radius 3 is 2.54 bits per heavy atom. The molecule has 0 amide bonds. The molecule has 0 fully saturated rings. The molecule has 6 nitrogen and oxygen atoms in total. The Morgan fingerprint density at radius 2 is 1.92 bits per heavy atom. The van der Waals surface area contributed by atoms with E-state index in [2.05, 4.69) is 0 Å². The van der Waals surface area contributed by atoms with Crippen molar-refractivity contribution in [3.8, 4) is 11.5 Å². The van der Waals surface area contributed by atoms with Crippen LogP contribution in [0.5, 0.6) is 11.5 Å². The van der Waals surface area contributed by atoms with Gasteiger partial charge in [-0.2, -0.15) is 0 Å². The average Bonchev–Trinajstić information content (AvgIpc) is 2.55. The molecule has 1 atom stereocenters. The Kier molecular flexibility index (Phi) is 5.78. The SMILES string of the molecule is NCC(CC(=O)O)c1ccc(Cl)c(Oc2cccc(C(=O)O)c2)c1. The van der Waals surface area contributed by atoms with Crippen molar-refractivity contribution in [3.05, 3.63) is 58.6 Å². The number of rotatable bonds is 7. The number of ether oxygens (including phenoxy) is 1. The fourth-order valence-electron chi connectivity index (χ4n) is 2.22. The summed E-state index contributed by atoms with van der Waals surface area (Å²) in [5.74, 6) is -1.76. The van der Waals surface area contributed by atoms with Gasteiger partial charge in [0.1, 0.15) is 11.5 Å². The van der Waals surface area contributed by atoms with Crippen LogP contribution in [-0.4, -0.2) is 28.7 Å². The molecule has 7 heteroatoms. The molecule has 4 N–H and O–H groups in total. The summed E-state index contributed by atoms with van der Waals surface area (Å²) in [5, 5.41) is 18.3. The predicted octanol–water partition coefficient (Wildman–Crippen LogP) is 3.35. The summed E-state index contributed by atoms with van der Waals surface area (Å²) in [5.41, 5.74) is 6.42. The maximum Gasteiger partial charge on any atom is 0.335 e.